The fraction of sp³-hybridized carbons (Fsp3) is 0.381. The largest absolute Gasteiger partial charge is 0.489 e. The molecule has 0 saturated heterocycles. The average molecular weight is 356 g/mol. The molecule has 0 spiro atoms. The van der Waals surface area contributed by atoms with E-state index >= 15 is 0 Å². The lowest BCUT2D eigenvalue weighted by molar-refractivity contribution is -0.123. The molecule has 2 unspecified atom stereocenters. The molecular formula is C21H28N2O3. The third kappa shape index (κ3) is 6.50. The molecule has 0 bridgehead atoms. The topological polar surface area (TPSA) is 73.6 Å². The van der Waals surface area contributed by atoms with Gasteiger partial charge in [0, 0.05) is 7.11 Å². The lowest BCUT2D eigenvalue weighted by atomic mass is 10.1. The van der Waals surface area contributed by atoms with Gasteiger partial charge < -0.3 is 20.5 Å². The van der Waals surface area contributed by atoms with Crippen molar-refractivity contribution in [3.8, 4) is 5.75 Å². The molecule has 3 N–H and O–H groups in total. The lowest BCUT2D eigenvalue weighted by Crippen LogP contribution is -2.47. The third-order valence-electron chi connectivity index (χ3n) is 4.17. The minimum Gasteiger partial charge on any atom is -0.489 e. The first-order valence-corrected chi connectivity index (χ1v) is 8.93. The highest BCUT2D eigenvalue weighted by Crippen LogP contribution is 2.15. The maximum absolute atomic E-state index is 12.2. The number of amides is 1. The Morgan fingerprint density at radius 3 is 2.38 bits per heavy atom. The first-order chi connectivity index (χ1) is 12.6. The Kier molecular flexibility index (Phi) is 8.12. The van der Waals surface area contributed by atoms with Crippen LogP contribution in [0.25, 0.3) is 0 Å². The Labute approximate surface area is 155 Å². The molecule has 5 nitrogen and oxygen atoms in total. The molecule has 0 aliphatic heterocycles. The monoisotopic (exact) mass is 356 g/mol. The van der Waals surface area contributed by atoms with E-state index in [0.717, 1.165) is 23.3 Å². The van der Waals surface area contributed by atoms with Crippen LogP contribution in [0.3, 0.4) is 0 Å². The van der Waals surface area contributed by atoms with Crippen molar-refractivity contribution < 1.29 is 14.3 Å². The Hall–Kier alpha value is -2.37. The van der Waals surface area contributed by atoms with Crippen LogP contribution >= 0.6 is 0 Å². The molecule has 2 aromatic carbocycles. The van der Waals surface area contributed by atoms with Crippen LogP contribution in [0, 0.1) is 0 Å². The number of rotatable bonds is 10. The quantitative estimate of drug-likeness (QED) is 0.686. The van der Waals surface area contributed by atoms with Gasteiger partial charge in [0.15, 0.2) is 0 Å². The Bertz CT molecular complexity index is 659. The standard InChI is InChI=1S/C21H28N2O3/c1-3-18(15-25-2)23-21(24)20(22)13-16-9-11-19(12-10-16)26-14-17-7-5-4-6-8-17/h4-12,18,20H,3,13-15,22H2,1-2H3,(H,23,24). The van der Waals surface area contributed by atoms with Crippen LogP contribution in [-0.2, 0) is 22.6 Å². The van der Waals surface area contributed by atoms with Crippen molar-refractivity contribution in [1.29, 1.82) is 0 Å². The second-order valence-electron chi connectivity index (χ2n) is 6.30. The third-order valence-corrected chi connectivity index (χ3v) is 4.17. The summed E-state index contributed by atoms with van der Waals surface area (Å²) in [7, 11) is 1.62. The zero-order chi connectivity index (χ0) is 18.8. The van der Waals surface area contributed by atoms with Crippen molar-refractivity contribution in [2.24, 2.45) is 5.73 Å². The van der Waals surface area contributed by atoms with Crippen LogP contribution in [-0.4, -0.2) is 31.7 Å². The zero-order valence-electron chi connectivity index (χ0n) is 15.5. The van der Waals surface area contributed by atoms with Gasteiger partial charge in [0.1, 0.15) is 12.4 Å². The number of carbonyl (C=O) groups is 1. The Morgan fingerprint density at radius 1 is 1.08 bits per heavy atom. The van der Waals surface area contributed by atoms with E-state index in [0.29, 0.717) is 19.6 Å². The van der Waals surface area contributed by atoms with Gasteiger partial charge in [-0.3, -0.25) is 4.79 Å². The number of carbonyl (C=O) groups excluding carboxylic acids is 1. The number of nitrogens with two attached hydrogens (primary N) is 1. The number of hydrogen-bond acceptors (Lipinski definition) is 4. The smallest absolute Gasteiger partial charge is 0.237 e. The Morgan fingerprint density at radius 2 is 1.77 bits per heavy atom. The van der Waals surface area contributed by atoms with Gasteiger partial charge in [-0.2, -0.15) is 0 Å². The molecular weight excluding hydrogens is 328 g/mol. The van der Waals surface area contributed by atoms with Crippen molar-refractivity contribution in [2.75, 3.05) is 13.7 Å². The number of methoxy groups -OCH3 is 1. The van der Waals surface area contributed by atoms with E-state index in [1.165, 1.54) is 0 Å². The lowest BCUT2D eigenvalue weighted by Gasteiger charge is -2.19. The van der Waals surface area contributed by atoms with Gasteiger partial charge in [-0.05, 0) is 36.1 Å². The molecule has 2 aromatic rings. The highest BCUT2D eigenvalue weighted by molar-refractivity contribution is 5.82. The normalized spacial score (nSPS) is 13.0. The van der Waals surface area contributed by atoms with Gasteiger partial charge in [0.25, 0.3) is 0 Å². The van der Waals surface area contributed by atoms with Crippen LogP contribution in [0.1, 0.15) is 24.5 Å². The van der Waals surface area contributed by atoms with Crippen LogP contribution in [0.5, 0.6) is 5.75 Å². The summed E-state index contributed by atoms with van der Waals surface area (Å²) in [4.78, 5) is 12.2. The van der Waals surface area contributed by atoms with E-state index in [-0.39, 0.29) is 11.9 Å². The van der Waals surface area contributed by atoms with Crippen molar-refractivity contribution in [3.05, 3.63) is 65.7 Å². The second-order valence-corrected chi connectivity index (χ2v) is 6.30. The second kappa shape index (κ2) is 10.6. The van der Waals surface area contributed by atoms with E-state index in [4.69, 9.17) is 15.2 Å². The fourth-order valence-corrected chi connectivity index (χ4v) is 2.58. The summed E-state index contributed by atoms with van der Waals surface area (Å²) in [6.07, 6.45) is 1.29. The predicted molar refractivity (Wildman–Crippen MR) is 103 cm³/mol. The number of benzene rings is 2. The van der Waals surface area contributed by atoms with E-state index < -0.39 is 6.04 Å². The number of nitrogens with one attached hydrogen (secondary N) is 1. The predicted octanol–water partition coefficient (Wildman–Crippen LogP) is 2.68. The highest BCUT2D eigenvalue weighted by Gasteiger charge is 2.17. The minimum absolute atomic E-state index is 0.00712. The molecule has 140 valence electrons. The first kappa shape index (κ1) is 19.9. The molecule has 0 heterocycles. The van der Waals surface area contributed by atoms with Gasteiger partial charge in [0.05, 0.1) is 18.7 Å². The van der Waals surface area contributed by atoms with Crippen LogP contribution in [0.15, 0.2) is 54.6 Å². The number of hydrogen-bond donors (Lipinski definition) is 2. The molecule has 26 heavy (non-hydrogen) atoms. The molecule has 1 amide bonds. The van der Waals surface area contributed by atoms with Crippen LogP contribution in [0.2, 0.25) is 0 Å². The summed E-state index contributed by atoms with van der Waals surface area (Å²) in [6.45, 7) is 3.02. The molecule has 0 aliphatic rings. The first-order valence-electron chi connectivity index (χ1n) is 8.93. The number of ether oxygens (including phenoxy) is 2. The molecule has 0 aromatic heterocycles. The molecule has 0 aliphatic carbocycles. The summed E-state index contributed by atoms with van der Waals surface area (Å²) in [5.74, 6) is 0.639. The van der Waals surface area contributed by atoms with E-state index in [1.807, 2.05) is 61.5 Å². The maximum atomic E-state index is 12.2. The molecule has 0 saturated carbocycles. The molecule has 5 heteroatoms. The molecule has 0 fully saturated rings. The maximum Gasteiger partial charge on any atom is 0.237 e. The van der Waals surface area contributed by atoms with Gasteiger partial charge in [0.2, 0.25) is 5.91 Å². The summed E-state index contributed by atoms with van der Waals surface area (Å²) in [5.41, 5.74) is 8.16. The van der Waals surface area contributed by atoms with E-state index in [9.17, 15) is 4.79 Å². The van der Waals surface area contributed by atoms with Gasteiger partial charge >= 0.3 is 0 Å². The summed E-state index contributed by atoms with van der Waals surface area (Å²) >= 11 is 0. The van der Waals surface area contributed by atoms with Crippen LogP contribution in [0.4, 0.5) is 0 Å². The summed E-state index contributed by atoms with van der Waals surface area (Å²) < 4.78 is 10.9. The van der Waals surface area contributed by atoms with Gasteiger partial charge in [-0.25, -0.2) is 0 Å². The van der Waals surface area contributed by atoms with Crippen molar-refractivity contribution in [1.82, 2.24) is 5.32 Å². The van der Waals surface area contributed by atoms with Crippen molar-refractivity contribution in [2.45, 2.75) is 38.5 Å². The zero-order valence-corrected chi connectivity index (χ0v) is 15.5. The summed E-state index contributed by atoms with van der Waals surface area (Å²) in [6, 6.07) is 17.1. The molecule has 0 radical (unpaired) electrons. The fourth-order valence-electron chi connectivity index (χ4n) is 2.58. The SMILES string of the molecule is CCC(COC)NC(=O)C(N)Cc1ccc(OCc2ccccc2)cc1. The van der Waals surface area contributed by atoms with Gasteiger partial charge in [-0.1, -0.05) is 49.4 Å². The highest BCUT2D eigenvalue weighted by atomic mass is 16.5. The van der Waals surface area contributed by atoms with E-state index in [1.54, 1.807) is 7.11 Å². The Balaban J connectivity index is 1.83. The van der Waals surface area contributed by atoms with Gasteiger partial charge in [-0.15, -0.1) is 0 Å². The average Bonchev–Trinajstić information content (AvgIpc) is 2.67. The minimum atomic E-state index is -0.586. The molecule has 2 rings (SSSR count). The van der Waals surface area contributed by atoms with Crippen molar-refractivity contribution >= 4 is 5.91 Å². The van der Waals surface area contributed by atoms with Crippen LogP contribution < -0.4 is 15.8 Å². The van der Waals surface area contributed by atoms with Crippen molar-refractivity contribution in [3.63, 3.8) is 0 Å². The van der Waals surface area contributed by atoms with E-state index in [2.05, 4.69) is 5.32 Å². The molecule has 2 atom stereocenters. The summed E-state index contributed by atoms with van der Waals surface area (Å²) in [5, 5.41) is 2.92.